The molecule has 0 bridgehead atoms. The number of carbonyl (C=O) groups is 1. The molecule has 0 saturated heterocycles. The van der Waals surface area contributed by atoms with Gasteiger partial charge >= 0.3 is 6.09 Å². The second-order valence-corrected chi connectivity index (χ2v) is 2.04. The summed E-state index contributed by atoms with van der Waals surface area (Å²) in [5.74, 6) is 0. The molecule has 5 nitrogen and oxygen atoms in total. The summed E-state index contributed by atoms with van der Waals surface area (Å²) in [6.45, 7) is 2.08. The van der Waals surface area contributed by atoms with E-state index < -0.39 is 6.09 Å². The first kappa shape index (κ1) is 9.74. The number of hydrogen-bond donors (Lipinski definition) is 1. The summed E-state index contributed by atoms with van der Waals surface area (Å²) in [5.41, 5.74) is 2.18. The number of nitrogens with one attached hydrogen (secondary N) is 1. The standard InChI is InChI=1S/C6H13N3O2/c1-4-11-6(10)8-7-5-9(2)3/h5H,4H2,1-3H3,(H,8,10)/b7-5+. The molecule has 0 fully saturated rings. The molecular weight excluding hydrogens is 146 g/mol. The topological polar surface area (TPSA) is 53.9 Å². The summed E-state index contributed by atoms with van der Waals surface area (Å²) in [4.78, 5) is 12.3. The van der Waals surface area contributed by atoms with Crippen molar-refractivity contribution in [2.75, 3.05) is 20.7 Å². The predicted octanol–water partition coefficient (Wildman–Crippen LogP) is 0.237. The summed E-state index contributed by atoms with van der Waals surface area (Å²) < 4.78 is 4.54. The Kier molecular flexibility index (Phi) is 4.89. The molecule has 0 spiro atoms. The van der Waals surface area contributed by atoms with Crippen LogP contribution in [0.3, 0.4) is 0 Å². The van der Waals surface area contributed by atoms with E-state index in [1.807, 2.05) is 0 Å². The van der Waals surface area contributed by atoms with Crippen LogP contribution in [0.4, 0.5) is 4.79 Å². The summed E-state index contributed by atoms with van der Waals surface area (Å²) >= 11 is 0. The molecular formula is C6H13N3O2. The molecule has 0 aliphatic heterocycles. The monoisotopic (exact) mass is 159 g/mol. The first-order valence-corrected chi connectivity index (χ1v) is 3.29. The Morgan fingerprint density at radius 2 is 2.36 bits per heavy atom. The quantitative estimate of drug-likeness (QED) is 0.364. The van der Waals surface area contributed by atoms with Crippen molar-refractivity contribution in [3.05, 3.63) is 0 Å². The molecule has 0 radical (unpaired) electrons. The second-order valence-electron chi connectivity index (χ2n) is 2.04. The Morgan fingerprint density at radius 1 is 1.73 bits per heavy atom. The van der Waals surface area contributed by atoms with Crippen LogP contribution in [-0.2, 0) is 4.74 Å². The predicted molar refractivity (Wildman–Crippen MR) is 42.3 cm³/mol. The van der Waals surface area contributed by atoms with Crippen molar-refractivity contribution in [2.24, 2.45) is 5.10 Å². The number of ether oxygens (including phenoxy) is 1. The van der Waals surface area contributed by atoms with Crippen molar-refractivity contribution < 1.29 is 9.53 Å². The van der Waals surface area contributed by atoms with E-state index in [1.54, 1.807) is 25.9 Å². The molecule has 0 rings (SSSR count). The number of amides is 1. The number of hydrazone groups is 1. The Morgan fingerprint density at radius 3 is 2.82 bits per heavy atom. The molecule has 1 amide bonds. The van der Waals surface area contributed by atoms with Gasteiger partial charge in [-0.25, -0.2) is 10.2 Å². The zero-order valence-electron chi connectivity index (χ0n) is 7.00. The van der Waals surface area contributed by atoms with Gasteiger partial charge in [0.2, 0.25) is 0 Å². The van der Waals surface area contributed by atoms with Gasteiger partial charge in [-0.1, -0.05) is 0 Å². The Bertz CT molecular complexity index is 145. The number of carbonyl (C=O) groups excluding carboxylic acids is 1. The Labute approximate surface area is 66.0 Å². The maximum Gasteiger partial charge on any atom is 0.427 e. The van der Waals surface area contributed by atoms with E-state index in [4.69, 9.17) is 0 Å². The van der Waals surface area contributed by atoms with E-state index in [0.29, 0.717) is 6.61 Å². The van der Waals surface area contributed by atoms with Gasteiger partial charge < -0.3 is 9.64 Å². The lowest BCUT2D eigenvalue weighted by Crippen LogP contribution is -2.20. The van der Waals surface area contributed by atoms with Gasteiger partial charge in [-0.2, -0.15) is 5.10 Å². The minimum Gasteiger partial charge on any atom is -0.449 e. The van der Waals surface area contributed by atoms with Crippen LogP contribution in [0.25, 0.3) is 0 Å². The molecule has 1 N–H and O–H groups in total. The fourth-order valence-corrected chi connectivity index (χ4v) is 0.360. The van der Waals surface area contributed by atoms with Gasteiger partial charge in [0.1, 0.15) is 6.34 Å². The van der Waals surface area contributed by atoms with Gasteiger partial charge in [-0.3, -0.25) is 0 Å². The second kappa shape index (κ2) is 5.52. The molecule has 64 valence electrons. The molecule has 0 aliphatic rings. The molecule has 0 saturated carbocycles. The van der Waals surface area contributed by atoms with Gasteiger partial charge in [-0.05, 0) is 6.92 Å². The van der Waals surface area contributed by atoms with Crippen LogP contribution >= 0.6 is 0 Å². The summed E-state index contributed by atoms with van der Waals surface area (Å²) in [6, 6.07) is 0. The van der Waals surface area contributed by atoms with Gasteiger partial charge in [-0.15, -0.1) is 0 Å². The molecule has 5 heteroatoms. The van der Waals surface area contributed by atoms with Crippen molar-refractivity contribution >= 4 is 12.4 Å². The van der Waals surface area contributed by atoms with Crippen LogP contribution < -0.4 is 5.43 Å². The highest BCUT2D eigenvalue weighted by molar-refractivity contribution is 5.68. The summed E-state index contributed by atoms with van der Waals surface area (Å²) in [6.07, 6.45) is 0.933. The highest BCUT2D eigenvalue weighted by Crippen LogP contribution is 1.74. The fraction of sp³-hybridized carbons (Fsp3) is 0.667. The van der Waals surface area contributed by atoms with Crippen molar-refractivity contribution in [3.8, 4) is 0 Å². The van der Waals surface area contributed by atoms with E-state index in [9.17, 15) is 4.79 Å². The van der Waals surface area contributed by atoms with E-state index in [1.165, 1.54) is 6.34 Å². The Balaban J connectivity index is 3.45. The van der Waals surface area contributed by atoms with Crippen LogP contribution in [0.2, 0.25) is 0 Å². The normalized spacial score (nSPS) is 9.73. The van der Waals surface area contributed by atoms with Gasteiger partial charge in [0.15, 0.2) is 0 Å². The molecule has 0 heterocycles. The van der Waals surface area contributed by atoms with Gasteiger partial charge in [0.05, 0.1) is 6.61 Å². The third kappa shape index (κ3) is 6.63. The zero-order chi connectivity index (χ0) is 8.69. The Hall–Kier alpha value is -1.26. The third-order valence-electron chi connectivity index (χ3n) is 0.720. The smallest absolute Gasteiger partial charge is 0.427 e. The van der Waals surface area contributed by atoms with Crippen LogP contribution in [-0.4, -0.2) is 38.0 Å². The highest BCUT2D eigenvalue weighted by atomic mass is 16.5. The van der Waals surface area contributed by atoms with E-state index in [-0.39, 0.29) is 0 Å². The molecule has 0 aliphatic carbocycles. The highest BCUT2D eigenvalue weighted by Gasteiger charge is 1.94. The molecule has 0 atom stereocenters. The molecule has 11 heavy (non-hydrogen) atoms. The van der Waals surface area contributed by atoms with Gasteiger partial charge in [0, 0.05) is 14.1 Å². The van der Waals surface area contributed by atoms with Crippen LogP contribution in [0.5, 0.6) is 0 Å². The largest absolute Gasteiger partial charge is 0.449 e. The molecule has 0 aromatic heterocycles. The SMILES string of the molecule is CCOC(=O)N/N=C/N(C)C. The minimum atomic E-state index is -0.536. The fourth-order valence-electron chi connectivity index (χ4n) is 0.360. The molecule has 0 aromatic rings. The van der Waals surface area contributed by atoms with Crippen molar-refractivity contribution in [1.82, 2.24) is 10.3 Å². The third-order valence-corrected chi connectivity index (χ3v) is 0.720. The maximum atomic E-state index is 10.6. The van der Waals surface area contributed by atoms with Crippen molar-refractivity contribution in [3.63, 3.8) is 0 Å². The number of rotatable bonds is 3. The average Bonchev–Trinajstić information content (AvgIpc) is 1.87. The van der Waals surface area contributed by atoms with Crippen molar-refractivity contribution in [1.29, 1.82) is 0 Å². The molecule has 0 aromatic carbocycles. The summed E-state index contributed by atoms with van der Waals surface area (Å²) in [5, 5.41) is 3.57. The van der Waals surface area contributed by atoms with Crippen LogP contribution in [0.1, 0.15) is 6.92 Å². The zero-order valence-corrected chi connectivity index (χ0v) is 7.00. The lowest BCUT2D eigenvalue weighted by Gasteiger charge is -2.02. The van der Waals surface area contributed by atoms with Crippen molar-refractivity contribution in [2.45, 2.75) is 6.92 Å². The number of hydrogen-bond acceptors (Lipinski definition) is 3. The van der Waals surface area contributed by atoms with Crippen LogP contribution in [0, 0.1) is 0 Å². The maximum absolute atomic E-state index is 10.6. The first-order valence-electron chi connectivity index (χ1n) is 3.29. The lowest BCUT2D eigenvalue weighted by molar-refractivity contribution is 0.152. The van der Waals surface area contributed by atoms with E-state index in [2.05, 4.69) is 15.3 Å². The lowest BCUT2D eigenvalue weighted by atomic mass is 10.9. The van der Waals surface area contributed by atoms with E-state index in [0.717, 1.165) is 0 Å². The summed E-state index contributed by atoms with van der Waals surface area (Å²) in [7, 11) is 3.60. The van der Waals surface area contributed by atoms with E-state index >= 15 is 0 Å². The van der Waals surface area contributed by atoms with Gasteiger partial charge in [0.25, 0.3) is 0 Å². The first-order chi connectivity index (χ1) is 5.16. The minimum absolute atomic E-state index is 0.351. The molecule has 0 unspecified atom stereocenters. The number of nitrogens with zero attached hydrogens (tertiary/aromatic N) is 2. The van der Waals surface area contributed by atoms with Crippen LogP contribution in [0.15, 0.2) is 5.10 Å². The average molecular weight is 159 g/mol.